The average Bonchev–Trinajstić information content (AvgIpc) is 2.87. The molecular formula is C20H29N5O. The number of hydrogen-bond acceptors (Lipinski definition) is 4. The van der Waals surface area contributed by atoms with E-state index in [1.165, 1.54) is 11.1 Å². The summed E-state index contributed by atoms with van der Waals surface area (Å²) in [5.41, 5.74) is 5.77. The fourth-order valence-corrected chi connectivity index (χ4v) is 3.62. The van der Waals surface area contributed by atoms with E-state index in [0.717, 1.165) is 56.2 Å². The molecule has 0 atom stereocenters. The largest absolute Gasteiger partial charge is 0.340 e. The molecule has 0 unspecified atom stereocenters. The van der Waals surface area contributed by atoms with Gasteiger partial charge in [0.1, 0.15) is 0 Å². The van der Waals surface area contributed by atoms with Gasteiger partial charge in [-0.05, 0) is 44.4 Å². The van der Waals surface area contributed by atoms with Crippen molar-refractivity contribution in [2.45, 2.75) is 40.2 Å². The van der Waals surface area contributed by atoms with Crippen LogP contribution in [0.2, 0.25) is 0 Å². The van der Waals surface area contributed by atoms with Crippen LogP contribution < -0.4 is 0 Å². The maximum Gasteiger partial charge on any atom is 0.222 e. The summed E-state index contributed by atoms with van der Waals surface area (Å²) in [6.07, 6.45) is 3.19. The second-order valence-corrected chi connectivity index (χ2v) is 7.20. The zero-order valence-electron chi connectivity index (χ0n) is 16.3. The van der Waals surface area contributed by atoms with Crippen LogP contribution in [0.1, 0.15) is 34.6 Å². The van der Waals surface area contributed by atoms with Crippen LogP contribution in [-0.2, 0) is 24.8 Å². The molecule has 3 heterocycles. The van der Waals surface area contributed by atoms with Crippen LogP contribution in [0.3, 0.4) is 0 Å². The molecule has 6 heteroatoms. The third-order valence-corrected chi connectivity index (χ3v) is 5.46. The van der Waals surface area contributed by atoms with E-state index in [0.29, 0.717) is 6.42 Å². The molecule has 0 bridgehead atoms. The van der Waals surface area contributed by atoms with E-state index < -0.39 is 0 Å². The van der Waals surface area contributed by atoms with Gasteiger partial charge in [0.15, 0.2) is 0 Å². The van der Waals surface area contributed by atoms with Crippen molar-refractivity contribution in [3.05, 3.63) is 46.5 Å². The predicted octanol–water partition coefficient (Wildman–Crippen LogP) is 2.02. The van der Waals surface area contributed by atoms with E-state index in [9.17, 15) is 4.79 Å². The molecule has 0 N–H and O–H groups in total. The van der Waals surface area contributed by atoms with E-state index in [-0.39, 0.29) is 5.91 Å². The van der Waals surface area contributed by atoms with Crippen molar-refractivity contribution < 1.29 is 4.79 Å². The molecule has 1 aliphatic rings. The number of aromatic nitrogens is 3. The van der Waals surface area contributed by atoms with Crippen molar-refractivity contribution in [3.8, 4) is 0 Å². The molecule has 1 saturated heterocycles. The first-order chi connectivity index (χ1) is 12.5. The number of pyridine rings is 1. The lowest BCUT2D eigenvalue weighted by Gasteiger charge is -2.34. The number of aryl methyl sites for hydroxylation is 3. The second kappa shape index (κ2) is 7.99. The van der Waals surface area contributed by atoms with Gasteiger partial charge >= 0.3 is 0 Å². The van der Waals surface area contributed by atoms with Crippen LogP contribution in [0.5, 0.6) is 0 Å². The van der Waals surface area contributed by atoms with Crippen LogP contribution in [0.15, 0.2) is 18.3 Å². The molecule has 6 nitrogen and oxygen atoms in total. The van der Waals surface area contributed by atoms with E-state index in [2.05, 4.69) is 34.9 Å². The molecule has 2 aromatic rings. The normalized spacial score (nSPS) is 15.5. The number of hydrogen-bond donors (Lipinski definition) is 0. The fourth-order valence-electron chi connectivity index (χ4n) is 3.62. The second-order valence-electron chi connectivity index (χ2n) is 7.20. The summed E-state index contributed by atoms with van der Waals surface area (Å²) in [4.78, 5) is 21.5. The molecule has 0 spiro atoms. The van der Waals surface area contributed by atoms with Gasteiger partial charge in [-0.25, -0.2) is 0 Å². The average molecular weight is 355 g/mol. The number of carbonyl (C=O) groups is 1. The minimum atomic E-state index is 0.251. The third-order valence-electron chi connectivity index (χ3n) is 5.46. The topological polar surface area (TPSA) is 54.3 Å². The molecule has 0 saturated carbocycles. The van der Waals surface area contributed by atoms with Crippen LogP contribution >= 0.6 is 0 Å². The van der Waals surface area contributed by atoms with Gasteiger partial charge in [-0.2, -0.15) is 5.10 Å². The predicted molar refractivity (Wildman–Crippen MR) is 102 cm³/mol. The molecular weight excluding hydrogens is 326 g/mol. The Morgan fingerprint density at radius 1 is 1.15 bits per heavy atom. The molecule has 140 valence electrons. The Morgan fingerprint density at radius 2 is 1.88 bits per heavy atom. The lowest BCUT2D eigenvalue weighted by atomic mass is 10.1. The van der Waals surface area contributed by atoms with Gasteiger partial charge in [0.25, 0.3) is 0 Å². The Labute approximate surface area is 155 Å². The van der Waals surface area contributed by atoms with Crippen LogP contribution in [0.25, 0.3) is 0 Å². The van der Waals surface area contributed by atoms with Gasteiger partial charge in [0, 0.05) is 58.1 Å². The van der Waals surface area contributed by atoms with E-state index in [4.69, 9.17) is 0 Å². The van der Waals surface area contributed by atoms with Crippen LogP contribution in [0.4, 0.5) is 0 Å². The zero-order chi connectivity index (χ0) is 18.7. The standard InChI is InChI=1S/C20H29N5O/c1-15-6-5-9-21-19(15)14-24-10-12-25(13-11-24)20(26)8-7-18-16(2)22-23(4)17(18)3/h5-6,9H,7-8,10-14H2,1-4H3. The van der Waals surface area contributed by atoms with Gasteiger partial charge in [-0.15, -0.1) is 0 Å². The minimum Gasteiger partial charge on any atom is -0.340 e. The van der Waals surface area contributed by atoms with Crippen molar-refractivity contribution >= 4 is 5.91 Å². The van der Waals surface area contributed by atoms with Crippen molar-refractivity contribution in [2.75, 3.05) is 26.2 Å². The van der Waals surface area contributed by atoms with Gasteiger partial charge in [-0.3, -0.25) is 19.4 Å². The minimum absolute atomic E-state index is 0.251. The van der Waals surface area contributed by atoms with Crippen molar-refractivity contribution in [1.82, 2.24) is 24.6 Å². The molecule has 1 aliphatic heterocycles. The summed E-state index contributed by atoms with van der Waals surface area (Å²) in [5, 5.41) is 4.44. The first kappa shape index (κ1) is 18.6. The Balaban J connectivity index is 1.48. The number of rotatable bonds is 5. The van der Waals surface area contributed by atoms with Crippen molar-refractivity contribution in [1.29, 1.82) is 0 Å². The van der Waals surface area contributed by atoms with Gasteiger partial charge in [-0.1, -0.05) is 6.07 Å². The van der Waals surface area contributed by atoms with E-state index >= 15 is 0 Å². The molecule has 1 fully saturated rings. The summed E-state index contributed by atoms with van der Waals surface area (Å²) >= 11 is 0. The fraction of sp³-hybridized carbons (Fsp3) is 0.550. The molecule has 3 rings (SSSR count). The monoisotopic (exact) mass is 355 g/mol. The summed E-state index contributed by atoms with van der Waals surface area (Å²) in [5.74, 6) is 0.251. The van der Waals surface area contributed by atoms with Gasteiger partial charge < -0.3 is 4.90 Å². The Morgan fingerprint density at radius 3 is 2.50 bits per heavy atom. The molecule has 0 aliphatic carbocycles. The summed E-state index contributed by atoms with van der Waals surface area (Å²) in [7, 11) is 1.95. The Hall–Kier alpha value is -2.21. The number of piperazine rings is 1. The highest BCUT2D eigenvalue weighted by atomic mass is 16.2. The van der Waals surface area contributed by atoms with Gasteiger partial charge in [0.05, 0.1) is 11.4 Å². The molecule has 26 heavy (non-hydrogen) atoms. The quantitative estimate of drug-likeness (QED) is 0.823. The van der Waals surface area contributed by atoms with Crippen LogP contribution in [-0.4, -0.2) is 56.7 Å². The molecule has 0 radical (unpaired) electrons. The van der Waals surface area contributed by atoms with E-state index in [1.807, 2.05) is 35.8 Å². The highest BCUT2D eigenvalue weighted by Crippen LogP contribution is 2.16. The Kier molecular flexibility index (Phi) is 5.71. The lowest BCUT2D eigenvalue weighted by Crippen LogP contribution is -2.48. The maximum absolute atomic E-state index is 12.6. The first-order valence-electron chi connectivity index (χ1n) is 9.35. The van der Waals surface area contributed by atoms with E-state index in [1.54, 1.807) is 0 Å². The highest BCUT2D eigenvalue weighted by Gasteiger charge is 2.22. The number of nitrogens with zero attached hydrogens (tertiary/aromatic N) is 5. The van der Waals surface area contributed by atoms with Crippen LogP contribution in [0, 0.1) is 20.8 Å². The summed E-state index contributed by atoms with van der Waals surface area (Å²) < 4.78 is 1.90. The molecule has 1 amide bonds. The first-order valence-corrected chi connectivity index (χ1v) is 9.35. The summed E-state index contributed by atoms with van der Waals surface area (Å²) in [6, 6.07) is 4.08. The number of amides is 1. The zero-order valence-corrected chi connectivity index (χ0v) is 16.3. The van der Waals surface area contributed by atoms with Gasteiger partial charge in [0.2, 0.25) is 5.91 Å². The third kappa shape index (κ3) is 4.12. The maximum atomic E-state index is 12.6. The lowest BCUT2D eigenvalue weighted by molar-refractivity contribution is -0.133. The Bertz CT molecular complexity index is 775. The highest BCUT2D eigenvalue weighted by molar-refractivity contribution is 5.76. The smallest absolute Gasteiger partial charge is 0.222 e. The van der Waals surface area contributed by atoms with Crippen molar-refractivity contribution in [2.24, 2.45) is 7.05 Å². The number of carbonyl (C=O) groups excluding carboxylic acids is 1. The summed E-state index contributed by atoms with van der Waals surface area (Å²) in [6.45, 7) is 10.5. The molecule has 2 aromatic heterocycles. The van der Waals surface area contributed by atoms with Crippen molar-refractivity contribution in [3.63, 3.8) is 0 Å². The SMILES string of the molecule is Cc1cccnc1CN1CCN(C(=O)CCc2c(C)nn(C)c2C)CC1. The molecule has 0 aromatic carbocycles.